The molecule has 1 fully saturated rings. The van der Waals surface area contributed by atoms with Crippen molar-refractivity contribution in [3.63, 3.8) is 0 Å². The van der Waals surface area contributed by atoms with E-state index in [1.807, 2.05) is 6.07 Å². The number of morpholine rings is 1. The zero-order valence-corrected chi connectivity index (χ0v) is 19.8. The van der Waals surface area contributed by atoms with Gasteiger partial charge in [-0.05, 0) is 35.9 Å². The maximum absolute atomic E-state index is 12.6. The summed E-state index contributed by atoms with van der Waals surface area (Å²) in [5.74, 6) is 2.09. The number of methoxy groups -OCH3 is 2. The summed E-state index contributed by atoms with van der Waals surface area (Å²) in [4.78, 5) is 21.1. The number of benzene rings is 2. The van der Waals surface area contributed by atoms with E-state index in [1.165, 1.54) is 5.69 Å². The summed E-state index contributed by atoms with van der Waals surface area (Å²) in [5, 5.41) is 4.04. The molecule has 0 spiro atoms. The van der Waals surface area contributed by atoms with Crippen molar-refractivity contribution in [3.8, 4) is 22.9 Å². The third-order valence-corrected chi connectivity index (χ3v) is 5.82. The van der Waals surface area contributed by atoms with Crippen molar-refractivity contribution >= 4 is 11.6 Å². The number of aromatic nitrogens is 2. The topological polar surface area (TPSA) is 90.2 Å². The second-order valence-corrected chi connectivity index (χ2v) is 8.10. The lowest BCUT2D eigenvalue weighted by molar-refractivity contribution is -0.130. The Balaban J connectivity index is 1.29. The highest BCUT2D eigenvalue weighted by molar-refractivity contribution is 5.76. The molecule has 0 unspecified atom stereocenters. The minimum Gasteiger partial charge on any atom is -0.493 e. The molecule has 2 heterocycles. The third-order valence-electron chi connectivity index (χ3n) is 5.82. The van der Waals surface area contributed by atoms with Gasteiger partial charge in [0.1, 0.15) is 0 Å². The molecule has 180 valence electrons. The van der Waals surface area contributed by atoms with Crippen LogP contribution in [0.1, 0.15) is 17.9 Å². The fraction of sp³-hybridized carbons (Fsp3) is 0.400. The molecule has 34 heavy (non-hydrogen) atoms. The zero-order valence-electron chi connectivity index (χ0n) is 19.8. The van der Waals surface area contributed by atoms with Crippen LogP contribution < -0.4 is 14.4 Å². The molecule has 0 bridgehead atoms. The predicted molar refractivity (Wildman–Crippen MR) is 127 cm³/mol. The summed E-state index contributed by atoms with van der Waals surface area (Å²) in [7, 11) is 4.96. The van der Waals surface area contributed by atoms with Crippen LogP contribution in [0.5, 0.6) is 11.5 Å². The van der Waals surface area contributed by atoms with Crippen LogP contribution >= 0.6 is 0 Å². The van der Waals surface area contributed by atoms with Gasteiger partial charge in [0, 0.05) is 50.8 Å². The highest BCUT2D eigenvalue weighted by Gasteiger charge is 2.16. The van der Waals surface area contributed by atoms with E-state index in [9.17, 15) is 4.79 Å². The van der Waals surface area contributed by atoms with Gasteiger partial charge in [-0.25, -0.2) is 0 Å². The van der Waals surface area contributed by atoms with E-state index in [2.05, 4.69) is 39.3 Å². The van der Waals surface area contributed by atoms with Gasteiger partial charge in [0.15, 0.2) is 11.5 Å². The Morgan fingerprint density at radius 2 is 1.79 bits per heavy atom. The Morgan fingerprint density at radius 1 is 1.06 bits per heavy atom. The van der Waals surface area contributed by atoms with E-state index in [0.717, 1.165) is 37.4 Å². The summed E-state index contributed by atoms with van der Waals surface area (Å²) in [6.45, 7) is 3.87. The van der Waals surface area contributed by atoms with E-state index in [4.69, 9.17) is 18.7 Å². The number of aryl methyl sites for hydroxylation is 1. The van der Waals surface area contributed by atoms with E-state index >= 15 is 0 Å². The highest BCUT2D eigenvalue weighted by Crippen LogP contribution is 2.31. The van der Waals surface area contributed by atoms with E-state index in [0.29, 0.717) is 36.2 Å². The number of anilines is 1. The first-order chi connectivity index (χ1) is 16.6. The number of ether oxygens (including phenoxy) is 3. The number of carbonyl (C=O) groups excluding carboxylic acids is 1. The Kier molecular flexibility index (Phi) is 7.64. The van der Waals surface area contributed by atoms with Crippen LogP contribution in [0, 0.1) is 0 Å². The lowest BCUT2D eigenvalue weighted by Crippen LogP contribution is -2.36. The van der Waals surface area contributed by atoms with Gasteiger partial charge in [-0.1, -0.05) is 17.3 Å². The molecule has 1 aliphatic heterocycles. The molecule has 0 saturated carbocycles. The molecule has 1 aliphatic rings. The number of hydrogen-bond acceptors (Lipinski definition) is 8. The van der Waals surface area contributed by atoms with Crippen LogP contribution in [0.15, 0.2) is 47.0 Å². The first-order valence-corrected chi connectivity index (χ1v) is 11.3. The smallest absolute Gasteiger partial charge is 0.227 e. The maximum atomic E-state index is 12.6. The largest absolute Gasteiger partial charge is 0.493 e. The van der Waals surface area contributed by atoms with Gasteiger partial charge in [0.2, 0.25) is 17.6 Å². The SMILES string of the molecule is COc1ccc(-c2noc(CCC(=O)N(C)Cc3ccc(N4CCOCC4)cc3)n2)cc1OC. The Labute approximate surface area is 199 Å². The first-order valence-electron chi connectivity index (χ1n) is 11.3. The van der Waals surface area contributed by atoms with Crippen LogP contribution in [-0.4, -0.2) is 68.5 Å². The minimum absolute atomic E-state index is 0.0168. The molecule has 9 heteroatoms. The number of nitrogens with zero attached hydrogens (tertiary/aromatic N) is 4. The van der Waals surface area contributed by atoms with Gasteiger partial charge in [-0.15, -0.1) is 0 Å². The van der Waals surface area contributed by atoms with Crippen molar-refractivity contribution in [3.05, 3.63) is 53.9 Å². The number of carbonyl (C=O) groups is 1. The second kappa shape index (κ2) is 11.0. The van der Waals surface area contributed by atoms with E-state index in [-0.39, 0.29) is 12.3 Å². The summed E-state index contributed by atoms with van der Waals surface area (Å²) < 4.78 is 21.3. The van der Waals surface area contributed by atoms with E-state index in [1.54, 1.807) is 38.3 Å². The Morgan fingerprint density at radius 3 is 2.50 bits per heavy atom. The van der Waals surface area contributed by atoms with Gasteiger partial charge in [0.05, 0.1) is 27.4 Å². The van der Waals surface area contributed by atoms with Crippen LogP contribution in [0.25, 0.3) is 11.4 Å². The zero-order chi connectivity index (χ0) is 23.9. The number of amides is 1. The third kappa shape index (κ3) is 5.66. The lowest BCUT2D eigenvalue weighted by atomic mass is 10.1. The first kappa shape index (κ1) is 23.6. The Hall–Kier alpha value is -3.59. The normalized spacial score (nSPS) is 13.6. The molecular formula is C25H30N4O5. The molecule has 1 amide bonds. The summed E-state index contributed by atoms with van der Waals surface area (Å²) >= 11 is 0. The van der Waals surface area contributed by atoms with Gasteiger partial charge in [-0.3, -0.25) is 4.79 Å². The fourth-order valence-electron chi connectivity index (χ4n) is 3.85. The fourth-order valence-corrected chi connectivity index (χ4v) is 3.85. The summed E-state index contributed by atoms with van der Waals surface area (Å²) in [5.41, 5.74) is 3.01. The monoisotopic (exact) mass is 466 g/mol. The van der Waals surface area contributed by atoms with Crippen molar-refractivity contribution < 1.29 is 23.5 Å². The lowest BCUT2D eigenvalue weighted by Gasteiger charge is -2.29. The molecule has 0 radical (unpaired) electrons. The molecular weight excluding hydrogens is 436 g/mol. The maximum Gasteiger partial charge on any atom is 0.227 e. The predicted octanol–water partition coefficient (Wildman–Crippen LogP) is 3.18. The molecule has 2 aromatic carbocycles. The molecule has 0 atom stereocenters. The average molecular weight is 467 g/mol. The van der Waals surface area contributed by atoms with Crippen molar-refractivity contribution in [1.82, 2.24) is 15.0 Å². The highest BCUT2D eigenvalue weighted by atomic mass is 16.5. The minimum atomic E-state index is 0.0168. The van der Waals surface area contributed by atoms with Crippen LogP contribution in [0.4, 0.5) is 5.69 Å². The molecule has 9 nitrogen and oxygen atoms in total. The number of hydrogen-bond donors (Lipinski definition) is 0. The quantitative estimate of drug-likeness (QED) is 0.475. The molecule has 1 saturated heterocycles. The van der Waals surface area contributed by atoms with Crippen molar-refractivity contribution in [2.24, 2.45) is 0 Å². The molecule has 3 aromatic rings. The molecule has 0 N–H and O–H groups in total. The molecule has 0 aliphatic carbocycles. The molecule has 4 rings (SSSR count). The van der Waals surface area contributed by atoms with Crippen LogP contribution in [0.2, 0.25) is 0 Å². The summed E-state index contributed by atoms with van der Waals surface area (Å²) in [6, 6.07) is 13.8. The average Bonchev–Trinajstić information content (AvgIpc) is 3.37. The van der Waals surface area contributed by atoms with Gasteiger partial charge >= 0.3 is 0 Å². The van der Waals surface area contributed by atoms with Crippen molar-refractivity contribution in [1.29, 1.82) is 0 Å². The van der Waals surface area contributed by atoms with Gasteiger partial charge in [-0.2, -0.15) is 4.98 Å². The molecule has 1 aromatic heterocycles. The second-order valence-electron chi connectivity index (χ2n) is 8.10. The Bertz CT molecular complexity index is 1090. The van der Waals surface area contributed by atoms with Crippen molar-refractivity contribution in [2.45, 2.75) is 19.4 Å². The standard InChI is InChI=1S/C25H30N4O5/c1-28(17-18-4-7-20(8-5-18)29-12-14-33-15-13-29)24(30)11-10-23-26-25(27-34-23)19-6-9-21(31-2)22(16-19)32-3/h4-9,16H,10-15,17H2,1-3H3. The van der Waals surface area contributed by atoms with Crippen LogP contribution in [0.3, 0.4) is 0 Å². The van der Waals surface area contributed by atoms with Crippen LogP contribution in [-0.2, 0) is 22.5 Å². The number of rotatable bonds is 9. The summed E-state index contributed by atoms with van der Waals surface area (Å²) in [6.07, 6.45) is 0.662. The van der Waals surface area contributed by atoms with Gasteiger partial charge in [0.25, 0.3) is 0 Å². The van der Waals surface area contributed by atoms with Gasteiger partial charge < -0.3 is 28.5 Å². The van der Waals surface area contributed by atoms with Crippen molar-refractivity contribution in [2.75, 3.05) is 52.5 Å². The van der Waals surface area contributed by atoms with E-state index < -0.39 is 0 Å².